The van der Waals surface area contributed by atoms with Gasteiger partial charge in [-0.3, -0.25) is 4.98 Å². The Labute approximate surface area is 106 Å². The summed E-state index contributed by atoms with van der Waals surface area (Å²) in [5.41, 5.74) is 9.05. The van der Waals surface area contributed by atoms with Gasteiger partial charge in [0.15, 0.2) is 0 Å². The van der Waals surface area contributed by atoms with E-state index >= 15 is 0 Å². The highest BCUT2D eigenvalue weighted by Crippen LogP contribution is 2.32. The first-order valence-electron chi connectivity index (χ1n) is 6.06. The minimum Gasteiger partial charge on any atom is -0.399 e. The van der Waals surface area contributed by atoms with Gasteiger partial charge >= 0.3 is 0 Å². The predicted molar refractivity (Wildman–Crippen MR) is 75.5 cm³/mol. The fourth-order valence-electron chi connectivity index (χ4n) is 2.42. The molecule has 0 amide bonds. The Morgan fingerprint density at radius 1 is 1.18 bits per heavy atom. The highest BCUT2D eigenvalue weighted by molar-refractivity contribution is 7.99. The van der Waals surface area contributed by atoms with E-state index in [9.17, 15) is 0 Å². The van der Waals surface area contributed by atoms with E-state index in [2.05, 4.69) is 22.8 Å². The number of rotatable bonds is 1. The molecule has 88 valence electrons. The number of hydrogen-bond acceptors (Lipinski definition) is 3. The van der Waals surface area contributed by atoms with Gasteiger partial charge < -0.3 is 5.73 Å². The SMILES string of the molecule is Nc1ccc2ncc(C3CCSCC3)cc2c1. The van der Waals surface area contributed by atoms with E-state index in [0.717, 1.165) is 11.2 Å². The molecule has 0 atom stereocenters. The van der Waals surface area contributed by atoms with Crippen LogP contribution in [0.4, 0.5) is 5.69 Å². The first-order valence-corrected chi connectivity index (χ1v) is 7.21. The fourth-order valence-corrected chi connectivity index (χ4v) is 3.53. The molecule has 3 rings (SSSR count). The number of thioether (sulfide) groups is 1. The number of pyridine rings is 1. The van der Waals surface area contributed by atoms with Crippen molar-refractivity contribution >= 4 is 28.4 Å². The summed E-state index contributed by atoms with van der Waals surface area (Å²) < 4.78 is 0. The first-order chi connectivity index (χ1) is 8.33. The lowest BCUT2D eigenvalue weighted by Crippen LogP contribution is -2.08. The molecule has 17 heavy (non-hydrogen) atoms. The van der Waals surface area contributed by atoms with E-state index < -0.39 is 0 Å². The number of hydrogen-bond donors (Lipinski definition) is 1. The summed E-state index contributed by atoms with van der Waals surface area (Å²) in [5.74, 6) is 3.24. The molecule has 2 nitrogen and oxygen atoms in total. The quantitative estimate of drug-likeness (QED) is 0.781. The van der Waals surface area contributed by atoms with Gasteiger partial charge in [0.1, 0.15) is 0 Å². The van der Waals surface area contributed by atoms with Crippen LogP contribution >= 0.6 is 11.8 Å². The molecule has 3 heteroatoms. The Hall–Kier alpha value is -1.22. The van der Waals surface area contributed by atoms with Gasteiger partial charge in [-0.2, -0.15) is 11.8 Å². The summed E-state index contributed by atoms with van der Waals surface area (Å²) in [5, 5.41) is 1.17. The lowest BCUT2D eigenvalue weighted by Gasteiger charge is -2.21. The van der Waals surface area contributed by atoms with Crippen molar-refractivity contribution in [3.8, 4) is 0 Å². The number of aromatic nitrogens is 1. The second-order valence-electron chi connectivity index (χ2n) is 4.61. The molecule has 1 saturated heterocycles. The summed E-state index contributed by atoms with van der Waals surface area (Å²) in [4.78, 5) is 4.54. The van der Waals surface area contributed by atoms with Gasteiger partial charge in [0.25, 0.3) is 0 Å². The summed E-state index contributed by atoms with van der Waals surface area (Å²) in [6, 6.07) is 8.18. The second kappa shape index (κ2) is 4.57. The van der Waals surface area contributed by atoms with Crippen LogP contribution in [-0.2, 0) is 0 Å². The van der Waals surface area contributed by atoms with Crippen molar-refractivity contribution in [2.45, 2.75) is 18.8 Å². The minimum absolute atomic E-state index is 0.689. The van der Waals surface area contributed by atoms with E-state index in [1.54, 1.807) is 0 Å². The summed E-state index contributed by atoms with van der Waals surface area (Å²) in [6.45, 7) is 0. The van der Waals surface area contributed by atoms with Gasteiger partial charge in [-0.1, -0.05) is 0 Å². The van der Waals surface area contributed by atoms with Crippen LogP contribution in [0, 0.1) is 0 Å². The van der Waals surface area contributed by atoms with Crippen molar-refractivity contribution in [2.24, 2.45) is 0 Å². The standard InChI is InChI=1S/C14H16N2S/c15-13-1-2-14-11(8-13)7-12(9-16-14)10-3-5-17-6-4-10/h1-2,7-10H,3-6,15H2. The Morgan fingerprint density at radius 3 is 2.82 bits per heavy atom. The number of fused-ring (bicyclic) bond motifs is 1. The third-order valence-electron chi connectivity index (χ3n) is 3.42. The molecule has 1 aliphatic heterocycles. The van der Waals surface area contributed by atoms with Gasteiger partial charge in [-0.05, 0) is 60.1 Å². The van der Waals surface area contributed by atoms with E-state index in [0.29, 0.717) is 5.92 Å². The van der Waals surface area contributed by atoms with Gasteiger partial charge in [0, 0.05) is 17.3 Å². The van der Waals surface area contributed by atoms with Crippen molar-refractivity contribution in [1.82, 2.24) is 4.98 Å². The van der Waals surface area contributed by atoms with Crippen LogP contribution in [-0.4, -0.2) is 16.5 Å². The maximum Gasteiger partial charge on any atom is 0.0703 e. The van der Waals surface area contributed by atoms with E-state index in [1.807, 2.05) is 24.4 Å². The third kappa shape index (κ3) is 2.25. The zero-order chi connectivity index (χ0) is 11.7. The van der Waals surface area contributed by atoms with Crippen LogP contribution in [0.2, 0.25) is 0 Å². The molecular formula is C14H16N2S. The number of nitrogens with zero attached hydrogens (tertiary/aromatic N) is 1. The van der Waals surface area contributed by atoms with E-state index in [-0.39, 0.29) is 0 Å². The number of benzene rings is 1. The highest BCUT2D eigenvalue weighted by atomic mass is 32.2. The monoisotopic (exact) mass is 244 g/mol. The van der Waals surface area contributed by atoms with Crippen LogP contribution in [0.1, 0.15) is 24.3 Å². The second-order valence-corrected chi connectivity index (χ2v) is 5.83. The molecule has 0 spiro atoms. The lowest BCUT2D eigenvalue weighted by molar-refractivity contribution is 0.636. The van der Waals surface area contributed by atoms with Crippen LogP contribution in [0.15, 0.2) is 30.5 Å². The molecule has 1 aliphatic rings. The predicted octanol–water partition coefficient (Wildman–Crippen LogP) is 3.43. The van der Waals surface area contributed by atoms with Crippen LogP contribution in [0.25, 0.3) is 10.9 Å². The van der Waals surface area contributed by atoms with Crippen molar-refractivity contribution in [3.05, 3.63) is 36.0 Å². The Kier molecular flexibility index (Phi) is 2.93. The lowest BCUT2D eigenvalue weighted by atomic mass is 9.94. The molecule has 2 heterocycles. The maximum absolute atomic E-state index is 5.82. The Balaban J connectivity index is 1.99. The van der Waals surface area contributed by atoms with Crippen LogP contribution in [0.5, 0.6) is 0 Å². The molecule has 0 radical (unpaired) electrons. The molecule has 0 aliphatic carbocycles. The topological polar surface area (TPSA) is 38.9 Å². The molecule has 0 unspecified atom stereocenters. The van der Waals surface area contributed by atoms with Gasteiger partial charge in [0.05, 0.1) is 5.52 Å². The first kappa shape index (κ1) is 10.9. The van der Waals surface area contributed by atoms with Crippen molar-refractivity contribution in [3.63, 3.8) is 0 Å². The maximum atomic E-state index is 5.82. The third-order valence-corrected chi connectivity index (χ3v) is 4.47. The molecule has 1 aromatic carbocycles. The normalized spacial score (nSPS) is 17.4. The summed E-state index contributed by atoms with van der Waals surface area (Å²) in [6.07, 6.45) is 4.60. The fraction of sp³-hybridized carbons (Fsp3) is 0.357. The van der Waals surface area contributed by atoms with Crippen molar-refractivity contribution < 1.29 is 0 Å². The van der Waals surface area contributed by atoms with Gasteiger partial charge in [-0.15, -0.1) is 0 Å². The molecular weight excluding hydrogens is 228 g/mol. The average Bonchev–Trinajstić information content (AvgIpc) is 2.39. The van der Waals surface area contributed by atoms with Crippen molar-refractivity contribution in [2.75, 3.05) is 17.2 Å². The number of nitrogens with two attached hydrogens (primary N) is 1. The highest BCUT2D eigenvalue weighted by Gasteiger charge is 2.16. The average molecular weight is 244 g/mol. The summed E-state index contributed by atoms with van der Waals surface area (Å²) >= 11 is 2.06. The van der Waals surface area contributed by atoms with Crippen LogP contribution in [0.3, 0.4) is 0 Å². The number of anilines is 1. The summed E-state index contributed by atoms with van der Waals surface area (Å²) in [7, 11) is 0. The van der Waals surface area contributed by atoms with Crippen LogP contribution < -0.4 is 5.73 Å². The smallest absolute Gasteiger partial charge is 0.0703 e. The van der Waals surface area contributed by atoms with E-state index in [4.69, 9.17) is 5.73 Å². The Morgan fingerprint density at radius 2 is 2.00 bits per heavy atom. The zero-order valence-electron chi connectivity index (χ0n) is 9.73. The molecule has 2 aromatic rings. The molecule has 2 N–H and O–H groups in total. The van der Waals surface area contributed by atoms with Crippen molar-refractivity contribution in [1.29, 1.82) is 0 Å². The Bertz CT molecular complexity index is 533. The zero-order valence-corrected chi connectivity index (χ0v) is 10.5. The minimum atomic E-state index is 0.689. The molecule has 0 bridgehead atoms. The number of nitrogen functional groups attached to an aromatic ring is 1. The molecule has 0 saturated carbocycles. The molecule has 1 aromatic heterocycles. The van der Waals surface area contributed by atoms with E-state index in [1.165, 1.54) is 35.3 Å². The molecule has 1 fully saturated rings. The van der Waals surface area contributed by atoms with Gasteiger partial charge in [-0.25, -0.2) is 0 Å². The largest absolute Gasteiger partial charge is 0.399 e. The van der Waals surface area contributed by atoms with Gasteiger partial charge in [0.2, 0.25) is 0 Å².